The molecule has 9 heteroatoms. The summed E-state index contributed by atoms with van der Waals surface area (Å²) in [6.07, 6.45) is 3.60. The SMILES string of the molecule is Cl.Cl.NCc1ccc(-c2ncnn3cc(N4CCOCC4)cc23)cc1Cl. The van der Waals surface area contributed by atoms with Crippen LogP contribution in [0, 0.1) is 0 Å². The molecule has 3 heterocycles. The summed E-state index contributed by atoms with van der Waals surface area (Å²) in [5, 5.41) is 4.99. The Morgan fingerprint density at radius 2 is 1.92 bits per heavy atom. The lowest BCUT2D eigenvalue weighted by atomic mass is 10.1. The van der Waals surface area contributed by atoms with Crippen molar-refractivity contribution in [1.82, 2.24) is 14.6 Å². The Morgan fingerprint density at radius 3 is 2.62 bits per heavy atom. The number of benzene rings is 1. The van der Waals surface area contributed by atoms with Crippen molar-refractivity contribution in [2.24, 2.45) is 5.73 Å². The zero-order valence-corrected chi connectivity index (χ0v) is 16.4. The number of fused-ring (bicyclic) bond motifs is 1. The summed E-state index contributed by atoms with van der Waals surface area (Å²) in [6, 6.07) is 7.97. The largest absolute Gasteiger partial charge is 0.378 e. The van der Waals surface area contributed by atoms with Gasteiger partial charge in [-0.15, -0.1) is 24.8 Å². The molecule has 6 nitrogen and oxygen atoms in total. The lowest BCUT2D eigenvalue weighted by Crippen LogP contribution is -2.35. The summed E-state index contributed by atoms with van der Waals surface area (Å²) in [4.78, 5) is 6.77. The molecule has 0 radical (unpaired) electrons. The van der Waals surface area contributed by atoms with Crippen LogP contribution in [0.4, 0.5) is 5.69 Å². The summed E-state index contributed by atoms with van der Waals surface area (Å²) >= 11 is 6.31. The molecule has 26 heavy (non-hydrogen) atoms. The van der Waals surface area contributed by atoms with Gasteiger partial charge >= 0.3 is 0 Å². The number of aromatic nitrogens is 3. The van der Waals surface area contributed by atoms with E-state index in [4.69, 9.17) is 22.1 Å². The van der Waals surface area contributed by atoms with Gasteiger partial charge in [0.2, 0.25) is 0 Å². The van der Waals surface area contributed by atoms with E-state index in [2.05, 4.69) is 21.0 Å². The highest BCUT2D eigenvalue weighted by molar-refractivity contribution is 6.31. The van der Waals surface area contributed by atoms with Gasteiger partial charge < -0.3 is 15.4 Å². The average Bonchev–Trinajstić information content (AvgIpc) is 3.06. The third kappa shape index (κ3) is 3.89. The number of halogens is 3. The summed E-state index contributed by atoms with van der Waals surface area (Å²) < 4.78 is 7.28. The first-order valence-electron chi connectivity index (χ1n) is 7.91. The third-order valence-electron chi connectivity index (χ3n) is 4.31. The minimum Gasteiger partial charge on any atom is -0.378 e. The minimum absolute atomic E-state index is 0. The van der Waals surface area contributed by atoms with Crippen molar-refractivity contribution in [3.63, 3.8) is 0 Å². The Kier molecular flexibility index (Phi) is 7.08. The number of hydrogen-bond donors (Lipinski definition) is 1. The molecule has 0 amide bonds. The van der Waals surface area contributed by atoms with Crippen molar-refractivity contribution >= 4 is 47.6 Å². The normalized spacial score (nSPS) is 14.0. The predicted octanol–water partition coefficient (Wildman–Crippen LogP) is 3.19. The fourth-order valence-corrected chi connectivity index (χ4v) is 3.25. The van der Waals surface area contributed by atoms with Crippen LogP contribution in [0.3, 0.4) is 0 Å². The average molecular weight is 417 g/mol. The summed E-state index contributed by atoms with van der Waals surface area (Å²) in [6.45, 7) is 3.69. The van der Waals surface area contributed by atoms with Gasteiger partial charge in [-0.05, 0) is 17.7 Å². The zero-order chi connectivity index (χ0) is 16.5. The van der Waals surface area contributed by atoms with Crippen LogP contribution in [0.5, 0.6) is 0 Å². The van der Waals surface area contributed by atoms with E-state index in [0.717, 1.165) is 54.3 Å². The summed E-state index contributed by atoms with van der Waals surface area (Å²) in [7, 11) is 0. The van der Waals surface area contributed by atoms with Crippen LogP contribution in [0.15, 0.2) is 36.8 Å². The van der Waals surface area contributed by atoms with Crippen LogP contribution >= 0.6 is 36.4 Å². The molecule has 0 aliphatic carbocycles. The van der Waals surface area contributed by atoms with Crippen molar-refractivity contribution in [3.8, 4) is 11.3 Å². The maximum Gasteiger partial charge on any atom is 0.137 e. The third-order valence-corrected chi connectivity index (χ3v) is 4.67. The molecule has 140 valence electrons. The van der Waals surface area contributed by atoms with Crippen LogP contribution < -0.4 is 10.6 Å². The molecule has 0 bridgehead atoms. The van der Waals surface area contributed by atoms with E-state index < -0.39 is 0 Å². The Labute approximate surface area is 169 Å². The van der Waals surface area contributed by atoms with E-state index in [9.17, 15) is 0 Å². The second-order valence-corrected chi connectivity index (χ2v) is 6.15. The lowest BCUT2D eigenvalue weighted by Gasteiger charge is -2.27. The molecule has 2 N–H and O–H groups in total. The molecule has 1 fully saturated rings. The number of anilines is 1. The standard InChI is InChI=1S/C17H18ClN5O.2ClH/c18-15-7-12(1-2-13(15)9-19)17-16-8-14(10-23(16)21-11-20-17)22-3-5-24-6-4-22;;/h1-2,7-8,10-11H,3-6,9,19H2;2*1H. The van der Waals surface area contributed by atoms with Gasteiger partial charge in [0.05, 0.1) is 36.3 Å². The van der Waals surface area contributed by atoms with Gasteiger partial charge in [-0.2, -0.15) is 5.10 Å². The van der Waals surface area contributed by atoms with E-state index in [1.165, 1.54) is 0 Å². The smallest absolute Gasteiger partial charge is 0.137 e. The van der Waals surface area contributed by atoms with Crippen molar-refractivity contribution in [3.05, 3.63) is 47.4 Å². The van der Waals surface area contributed by atoms with Gasteiger partial charge in [-0.3, -0.25) is 0 Å². The number of nitrogens with two attached hydrogens (primary N) is 1. The molecule has 0 atom stereocenters. The van der Waals surface area contributed by atoms with E-state index >= 15 is 0 Å². The molecule has 3 aromatic rings. The van der Waals surface area contributed by atoms with Crippen LogP contribution in [0.1, 0.15) is 5.56 Å². The van der Waals surface area contributed by atoms with E-state index in [-0.39, 0.29) is 24.8 Å². The zero-order valence-electron chi connectivity index (χ0n) is 14.0. The first-order chi connectivity index (χ1) is 11.8. The first-order valence-corrected chi connectivity index (χ1v) is 8.29. The Bertz CT molecular complexity index is 880. The quantitative estimate of drug-likeness (QED) is 0.710. The molecule has 2 aromatic heterocycles. The molecule has 0 spiro atoms. The van der Waals surface area contributed by atoms with Crippen molar-refractivity contribution < 1.29 is 4.74 Å². The summed E-state index contributed by atoms with van der Waals surface area (Å²) in [5.41, 5.74) is 10.5. The fraction of sp³-hybridized carbons (Fsp3) is 0.294. The molecule has 4 rings (SSSR count). The fourth-order valence-electron chi connectivity index (χ4n) is 2.99. The van der Waals surface area contributed by atoms with E-state index in [1.807, 2.05) is 28.9 Å². The number of rotatable bonds is 3. The highest BCUT2D eigenvalue weighted by Crippen LogP contribution is 2.29. The van der Waals surface area contributed by atoms with Crippen LogP contribution in [-0.2, 0) is 11.3 Å². The maximum atomic E-state index is 6.31. The molecule has 0 unspecified atom stereocenters. The Morgan fingerprint density at radius 1 is 1.15 bits per heavy atom. The highest BCUT2D eigenvalue weighted by Gasteiger charge is 2.16. The Hall–Kier alpha value is -1.57. The van der Waals surface area contributed by atoms with Gasteiger partial charge in [-0.25, -0.2) is 9.50 Å². The molecular formula is C17H20Cl3N5O. The maximum absolute atomic E-state index is 6.31. The minimum atomic E-state index is 0. The van der Waals surface area contributed by atoms with Crippen molar-refractivity contribution in [1.29, 1.82) is 0 Å². The molecule has 1 saturated heterocycles. The van der Waals surface area contributed by atoms with Crippen LogP contribution in [0.25, 0.3) is 16.8 Å². The topological polar surface area (TPSA) is 68.7 Å². The molecule has 0 saturated carbocycles. The first kappa shape index (κ1) is 20.7. The van der Waals surface area contributed by atoms with Gasteiger partial charge in [0.25, 0.3) is 0 Å². The lowest BCUT2D eigenvalue weighted by molar-refractivity contribution is 0.122. The number of hydrogen-bond acceptors (Lipinski definition) is 5. The van der Waals surface area contributed by atoms with Gasteiger partial charge in [0.1, 0.15) is 6.33 Å². The van der Waals surface area contributed by atoms with Crippen molar-refractivity contribution in [2.45, 2.75) is 6.54 Å². The van der Waals surface area contributed by atoms with Crippen LogP contribution in [0.2, 0.25) is 5.02 Å². The number of nitrogens with zero attached hydrogens (tertiary/aromatic N) is 4. The molecular weight excluding hydrogens is 397 g/mol. The van der Waals surface area contributed by atoms with E-state index in [0.29, 0.717) is 11.6 Å². The summed E-state index contributed by atoms with van der Waals surface area (Å²) in [5.74, 6) is 0. The van der Waals surface area contributed by atoms with Gasteiger partial charge in [0.15, 0.2) is 0 Å². The van der Waals surface area contributed by atoms with Crippen molar-refractivity contribution in [2.75, 3.05) is 31.2 Å². The monoisotopic (exact) mass is 415 g/mol. The number of morpholine rings is 1. The van der Waals surface area contributed by atoms with Gasteiger partial charge in [0, 0.05) is 30.2 Å². The van der Waals surface area contributed by atoms with Crippen LogP contribution in [-0.4, -0.2) is 40.9 Å². The Balaban J connectivity index is 0.00000121. The second kappa shape index (κ2) is 8.88. The second-order valence-electron chi connectivity index (χ2n) is 5.75. The highest BCUT2D eigenvalue weighted by atomic mass is 35.5. The van der Waals surface area contributed by atoms with Gasteiger partial charge in [-0.1, -0.05) is 23.7 Å². The molecule has 1 aromatic carbocycles. The van der Waals surface area contributed by atoms with E-state index in [1.54, 1.807) is 6.33 Å². The predicted molar refractivity (Wildman–Crippen MR) is 109 cm³/mol. The molecule has 1 aliphatic rings. The molecule has 1 aliphatic heterocycles. The number of ether oxygens (including phenoxy) is 1.